The van der Waals surface area contributed by atoms with E-state index < -0.39 is 23.5 Å². The molecule has 30 heavy (non-hydrogen) atoms. The second-order valence-electron chi connectivity index (χ2n) is 6.04. The summed E-state index contributed by atoms with van der Waals surface area (Å²) in [4.78, 5) is 11.0. The third-order valence-corrected chi connectivity index (χ3v) is 3.60. The van der Waals surface area contributed by atoms with Crippen molar-refractivity contribution < 1.29 is 35.9 Å². The second-order valence-corrected chi connectivity index (χ2v) is 6.04. The quantitative estimate of drug-likeness (QED) is 0.262. The number of halogens is 6. The Morgan fingerprint density at radius 2 is 1.53 bits per heavy atom. The minimum absolute atomic E-state index is 0.125. The first-order valence-corrected chi connectivity index (χ1v) is 8.93. The molecule has 0 bridgehead atoms. The number of anilines is 2. The summed E-state index contributed by atoms with van der Waals surface area (Å²) in [6, 6.07) is 9.54. The van der Waals surface area contributed by atoms with E-state index >= 15 is 0 Å². The van der Waals surface area contributed by atoms with Gasteiger partial charge in [-0.15, -0.1) is 0 Å². The SMILES string of the molecule is CCOC(=O)CCCNc1cccc(C(F)(F)F)c1.Nc1cccc(C(F)(F)F)c1. The number of carbonyl (C=O) groups excluding carboxylic acids is 1. The van der Waals surface area contributed by atoms with Crippen molar-refractivity contribution in [1.82, 2.24) is 0 Å². The van der Waals surface area contributed by atoms with Crippen LogP contribution in [0, 0.1) is 0 Å². The topological polar surface area (TPSA) is 64.3 Å². The Balaban J connectivity index is 0.000000346. The molecule has 0 atom stereocenters. The Bertz CT molecular complexity index is 806. The number of rotatable bonds is 6. The smallest absolute Gasteiger partial charge is 0.416 e. The molecular formula is C20H22F6N2O2. The van der Waals surface area contributed by atoms with Gasteiger partial charge in [0.25, 0.3) is 0 Å². The maximum Gasteiger partial charge on any atom is 0.416 e. The van der Waals surface area contributed by atoms with Gasteiger partial charge in [0.2, 0.25) is 0 Å². The van der Waals surface area contributed by atoms with Crippen LogP contribution in [0.5, 0.6) is 0 Å². The average Bonchev–Trinajstić information content (AvgIpc) is 2.65. The number of carbonyl (C=O) groups is 1. The van der Waals surface area contributed by atoms with Crippen molar-refractivity contribution in [2.75, 3.05) is 24.2 Å². The number of nitrogen functional groups attached to an aromatic ring is 1. The predicted octanol–water partition coefficient (Wildman–Crippen LogP) is 5.75. The number of benzene rings is 2. The molecule has 0 amide bonds. The monoisotopic (exact) mass is 436 g/mol. The molecule has 0 unspecified atom stereocenters. The summed E-state index contributed by atoms with van der Waals surface area (Å²) in [5.41, 5.74) is 4.27. The number of ether oxygens (including phenoxy) is 1. The van der Waals surface area contributed by atoms with E-state index in [9.17, 15) is 31.1 Å². The molecule has 166 valence electrons. The van der Waals surface area contributed by atoms with Crippen molar-refractivity contribution in [3.63, 3.8) is 0 Å². The van der Waals surface area contributed by atoms with Crippen LogP contribution in [0.4, 0.5) is 37.7 Å². The average molecular weight is 436 g/mol. The van der Waals surface area contributed by atoms with E-state index in [1.807, 2.05) is 0 Å². The number of nitrogens with one attached hydrogen (secondary N) is 1. The van der Waals surface area contributed by atoms with Gasteiger partial charge < -0.3 is 15.8 Å². The van der Waals surface area contributed by atoms with Gasteiger partial charge in [-0.2, -0.15) is 26.3 Å². The number of hydrogen-bond acceptors (Lipinski definition) is 4. The Morgan fingerprint density at radius 3 is 2.03 bits per heavy atom. The summed E-state index contributed by atoms with van der Waals surface area (Å²) >= 11 is 0. The fourth-order valence-corrected chi connectivity index (χ4v) is 2.22. The number of nitrogens with two attached hydrogens (primary N) is 1. The van der Waals surface area contributed by atoms with Crippen molar-refractivity contribution in [3.8, 4) is 0 Å². The maximum atomic E-state index is 12.5. The van der Waals surface area contributed by atoms with Gasteiger partial charge >= 0.3 is 18.3 Å². The molecule has 0 aliphatic carbocycles. The molecule has 0 fully saturated rings. The van der Waals surface area contributed by atoms with Gasteiger partial charge in [0.1, 0.15) is 0 Å². The van der Waals surface area contributed by atoms with Crippen LogP contribution in [0.25, 0.3) is 0 Å². The molecule has 2 aromatic carbocycles. The number of esters is 1. The van der Waals surface area contributed by atoms with E-state index in [4.69, 9.17) is 10.5 Å². The molecule has 0 saturated carbocycles. The second kappa shape index (κ2) is 11.3. The van der Waals surface area contributed by atoms with Crippen molar-refractivity contribution in [3.05, 3.63) is 59.7 Å². The van der Waals surface area contributed by atoms with Crippen LogP contribution in [0.3, 0.4) is 0 Å². The Morgan fingerprint density at radius 1 is 0.967 bits per heavy atom. The third-order valence-electron chi connectivity index (χ3n) is 3.60. The summed E-state index contributed by atoms with van der Waals surface area (Å²) in [6.45, 7) is 2.47. The number of alkyl halides is 6. The standard InChI is InChI=1S/C13H16F3NO2.C7H6F3N/c1-2-19-12(18)7-4-8-17-11-6-3-5-10(9-11)13(14,15)16;8-7(9,10)5-2-1-3-6(11)4-5/h3,5-6,9,17H,2,4,7-8H2,1H3;1-4H,11H2. The lowest BCUT2D eigenvalue weighted by molar-refractivity contribution is -0.143. The first kappa shape index (κ1) is 25.1. The molecule has 0 heterocycles. The van der Waals surface area contributed by atoms with Crippen LogP contribution in [0.1, 0.15) is 30.9 Å². The van der Waals surface area contributed by atoms with E-state index in [0.29, 0.717) is 25.3 Å². The summed E-state index contributed by atoms with van der Waals surface area (Å²) in [7, 11) is 0. The molecule has 4 nitrogen and oxygen atoms in total. The van der Waals surface area contributed by atoms with Crippen LogP contribution in [0.15, 0.2) is 48.5 Å². The van der Waals surface area contributed by atoms with Gasteiger partial charge in [-0.25, -0.2) is 0 Å². The maximum absolute atomic E-state index is 12.5. The summed E-state index contributed by atoms with van der Waals surface area (Å²) in [5, 5.41) is 2.85. The van der Waals surface area contributed by atoms with E-state index in [1.165, 1.54) is 18.2 Å². The van der Waals surface area contributed by atoms with E-state index in [0.717, 1.165) is 24.3 Å². The van der Waals surface area contributed by atoms with Crippen LogP contribution in [-0.2, 0) is 21.9 Å². The summed E-state index contributed by atoms with van der Waals surface area (Å²) < 4.78 is 77.9. The Kier molecular flexibility index (Phi) is 9.48. The van der Waals surface area contributed by atoms with E-state index in [-0.39, 0.29) is 18.1 Å². The third kappa shape index (κ3) is 9.53. The highest BCUT2D eigenvalue weighted by molar-refractivity contribution is 5.69. The highest BCUT2D eigenvalue weighted by Gasteiger charge is 2.30. The zero-order chi connectivity index (χ0) is 22.8. The lowest BCUT2D eigenvalue weighted by Crippen LogP contribution is -2.09. The van der Waals surface area contributed by atoms with E-state index in [2.05, 4.69) is 5.32 Å². The van der Waals surface area contributed by atoms with Gasteiger partial charge in [0.15, 0.2) is 0 Å². The fraction of sp³-hybridized carbons (Fsp3) is 0.350. The van der Waals surface area contributed by atoms with Crippen LogP contribution in [-0.4, -0.2) is 19.1 Å². The zero-order valence-corrected chi connectivity index (χ0v) is 16.1. The lowest BCUT2D eigenvalue weighted by atomic mass is 10.2. The van der Waals surface area contributed by atoms with Crippen LogP contribution >= 0.6 is 0 Å². The van der Waals surface area contributed by atoms with Crippen molar-refractivity contribution in [2.45, 2.75) is 32.1 Å². The number of hydrogen-bond donors (Lipinski definition) is 2. The molecule has 10 heteroatoms. The first-order valence-electron chi connectivity index (χ1n) is 8.93. The van der Waals surface area contributed by atoms with Crippen LogP contribution in [0.2, 0.25) is 0 Å². The van der Waals surface area contributed by atoms with Gasteiger partial charge in [0.05, 0.1) is 17.7 Å². The lowest BCUT2D eigenvalue weighted by Gasteiger charge is -2.10. The molecule has 0 saturated heterocycles. The van der Waals surface area contributed by atoms with E-state index in [1.54, 1.807) is 13.0 Å². The zero-order valence-electron chi connectivity index (χ0n) is 16.1. The first-order chi connectivity index (χ1) is 13.9. The largest absolute Gasteiger partial charge is 0.466 e. The van der Waals surface area contributed by atoms with Gasteiger partial charge in [-0.1, -0.05) is 12.1 Å². The summed E-state index contributed by atoms with van der Waals surface area (Å²) in [5.74, 6) is -0.298. The summed E-state index contributed by atoms with van der Waals surface area (Å²) in [6.07, 6.45) is -7.88. The molecule has 2 aromatic rings. The normalized spacial score (nSPS) is 11.3. The minimum atomic E-state index is -4.34. The Hall–Kier alpha value is -2.91. The fourth-order valence-electron chi connectivity index (χ4n) is 2.22. The van der Waals surface area contributed by atoms with Crippen molar-refractivity contribution in [1.29, 1.82) is 0 Å². The highest BCUT2D eigenvalue weighted by atomic mass is 19.4. The van der Waals surface area contributed by atoms with Crippen LogP contribution < -0.4 is 11.1 Å². The molecule has 0 aliphatic heterocycles. The molecule has 0 aliphatic rings. The molecule has 3 N–H and O–H groups in total. The molecule has 0 radical (unpaired) electrons. The minimum Gasteiger partial charge on any atom is -0.466 e. The molecule has 0 aromatic heterocycles. The predicted molar refractivity (Wildman–Crippen MR) is 102 cm³/mol. The Labute approximate surface area is 170 Å². The molecule has 2 rings (SSSR count). The van der Waals surface area contributed by atoms with Gasteiger partial charge in [-0.3, -0.25) is 4.79 Å². The molecule has 0 spiro atoms. The highest BCUT2D eigenvalue weighted by Crippen LogP contribution is 2.31. The van der Waals surface area contributed by atoms with Gasteiger partial charge in [0, 0.05) is 24.3 Å². The van der Waals surface area contributed by atoms with Crippen molar-refractivity contribution >= 4 is 17.3 Å². The van der Waals surface area contributed by atoms with Crippen molar-refractivity contribution in [2.24, 2.45) is 0 Å². The molecular weight excluding hydrogens is 414 g/mol. The van der Waals surface area contributed by atoms with Gasteiger partial charge in [-0.05, 0) is 49.7 Å².